The zero-order valence-corrected chi connectivity index (χ0v) is 19.3. The second-order valence-corrected chi connectivity index (χ2v) is 8.27. The summed E-state index contributed by atoms with van der Waals surface area (Å²) in [5, 5.41) is 0. The van der Waals surface area contributed by atoms with E-state index >= 15 is 0 Å². The number of carbonyl (C=O) groups excluding carboxylic acids is 1. The van der Waals surface area contributed by atoms with Gasteiger partial charge in [0.25, 0.3) is 0 Å². The first-order valence-corrected chi connectivity index (χ1v) is 11.3. The van der Waals surface area contributed by atoms with Gasteiger partial charge in [-0.05, 0) is 55.5 Å². The third kappa shape index (κ3) is 5.56. The molecule has 34 heavy (non-hydrogen) atoms. The maximum atomic E-state index is 13.5. The van der Waals surface area contributed by atoms with E-state index in [1.54, 1.807) is 31.4 Å². The van der Waals surface area contributed by atoms with Crippen molar-refractivity contribution in [3.8, 4) is 28.4 Å². The molecule has 0 unspecified atom stereocenters. The van der Waals surface area contributed by atoms with Crippen molar-refractivity contribution in [1.82, 2.24) is 14.9 Å². The molecule has 1 amide bonds. The van der Waals surface area contributed by atoms with Gasteiger partial charge in [0.2, 0.25) is 11.8 Å². The first-order valence-electron chi connectivity index (χ1n) is 11.3. The molecule has 3 aromatic rings. The molecule has 1 aromatic heterocycles. The molecule has 0 saturated carbocycles. The highest BCUT2D eigenvalue weighted by molar-refractivity contribution is 5.78. The topological polar surface area (TPSA) is 64.5 Å². The summed E-state index contributed by atoms with van der Waals surface area (Å²) >= 11 is 0. The number of ether oxygens (including phenoxy) is 2. The van der Waals surface area contributed by atoms with Crippen LogP contribution < -0.4 is 4.74 Å². The van der Waals surface area contributed by atoms with Crippen molar-refractivity contribution in [3.05, 3.63) is 65.9 Å². The number of hydrogen-bond donors (Lipinski definition) is 0. The van der Waals surface area contributed by atoms with Crippen LogP contribution in [0, 0.1) is 18.6 Å². The monoisotopic (exact) mass is 467 g/mol. The number of likely N-dealkylation sites (tertiary alicyclic amines) is 1. The number of carbonyl (C=O) groups is 1. The average Bonchev–Trinajstić information content (AvgIpc) is 2.85. The fraction of sp³-hybridized carbons (Fsp3) is 0.346. The predicted octanol–water partition coefficient (Wildman–Crippen LogP) is 4.80. The molecule has 8 heteroatoms. The van der Waals surface area contributed by atoms with Crippen LogP contribution in [0.25, 0.3) is 22.5 Å². The normalized spacial score (nSPS) is 14.3. The van der Waals surface area contributed by atoms with Crippen LogP contribution in [-0.2, 0) is 9.53 Å². The summed E-state index contributed by atoms with van der Waals surface area (Å²) in [5.74, 6) is -0.216. The van der Waals surface area contributed by atoms with Crippen LogP contribution in [0.4, 0.5) is 8.78 Å². The Morgan fingerprint density at radius 2 is 1.47 bits per heavy atom. The quantitative estimate of drug-likeness (QED) is 0.499. The van der Waals surface area contributed by atoms with E-state index in [0.717, 1.165) is 0 Å². The second kappa shape index (κ2) is 10.7. The number of methoxy groups -OCH3 is 1. The first-order chi connectivity index (χ1) is 16.4. The van der Waals surface area contributed by atoms with E-state index in [4.69, 9.17) is 19.4 Å². The molecule has 0 N–H and O–H groups in total. The molecule has 1 aliphatic heterocycles. The van der Waals surface area contributed by atoms with Gasteiger partial charge in [0.15, 0.2) is 0 Å². The van der Waals surface area contributed by atoms with Crippen LogP contribution in [0.5, 0.6) is 5.88 Å². The van der Waals surface area contributed by atoms with Crippen molar-refractivity contribution in [2.24, 2.45) is 0 Å². The van der Waals surface area contributed by atoms with Crippen LogP contribution in [-0.4, -0.2) is 53.7 Å². The van der Waals surface area contributed by atoms with Gasteiger partial charge in [0.05, 0.1) is 18.7 Å². The first kappa shape index (κ1) is 23.8. The molecule has 0 spiro atoms. The number of rotatable bonds is 7. The smallest absolute Gasteiger partial charge is 0.236 e. The minimum Gasteiger partial charge on any atom is -0.473 e. The third-order valence-corrected chi connectivity index (χ3v) is 5.86. The van der Waals surface area contributed by atoms with Gasteiger partial charge in [-0.2, -0.15) is 0 Å². The zero-order valence-electron chi connectivity index (χ0n) is 19.3. The number of piperidine rings is 1. The van der Waals surface area contributed by atoms with Crippen molar-refractivity contribution >= 4 is 5.91 Å². The van der Waals surface area contributed by atoms with Gasteiger partial charge < -0.3 is 14.4 Å². The molecule has 2 heterocycles. The maximum absolute atomic E-state index is 13.5. The number of aromatic nitrogens is 2. The minimum absolute atomic E-state index is 0.0820. The molecule has 0 radical (unpaired) electrons. The summed E-state index contributed by atoms with van der Waals surface area (Å²) in [7, 11) is 1.58. The van der Waals surface area contributed by atoms with Crippen molar-refractivity contribution in [2.75, 3.05) is 26.8 Å². The Bertz CT molecular complexity index is 1130. The predicted molar refractivity (Wildman–Crippen MR) is 124 cm³/mol. The van der Waals surface area contributed by atoms with Gasteiger partial charge >= 0.3 is 0 Å². The molecule has 178 valence electrons. The van der Waals surface area contributed by atoms with Crippen LogP contribution in [0.15, 0.2) is 48.5 Å². The fourth-order valence-electron chi connectivity index (χ4n) is 3.96. The van der Waals surface area contributed by atoms with Gasteiger partial charge in [0.1, 0.15) is 29.1 Å². The largest absolute Gasteiger partial charge is 0.473 e. The van der Waals surface area contributed by atoms with Crippen molar-refractivity contribution in [1.29, 1.82) is 0 Å². The highest BCUT2D eigenvalue weighted by atomic mass is 19.1. The van der Waals surface area contributed by atoms with E-state index in [0.29, 0.717) is 73.0 Å². The van der Waals surface area contributed by atoms with Gasteiger partial charge in [-0.1, -0.05) is 0 Å². The maximum Gasteiger partial charge on any atom is 0.236 e. The van der Waals surface area contributed by atoms with Crippen molar-refractivity contribution in [3.63, 3.8) is 0 Å². The van der Waals surface area contributed by atoms with E-state index in [9.17, 15) is 13.6 Å². The highest BCUT2D eigenvalue weighted by Crippen LogP contribution is 2.33. The third-order valence-electron chi connectivity index (χ3n) is 5.86. The number of amides is 1. The molecule has 0 atom stereocenters. The van der Waals surface area contributed by atoms with Gasteiger partial charge in [0, 0.05) is 44.2 Å². The molecule has 4 rings (SSSR count). The summed E-state index contributed by atoms with van der Waals surface area (Å²) < 4.78 is 38.2. The molecule has 6 nitrogen and oxygen atoms in total. The van der Waals surface area contributed by atoms with Gasteiger partial charge in [-0.25, -0.2) is 18.7 Å². The molecule has 0 aliphatic carbocycles. The molecule has 1 saturated heterocycles. The lowest BCUT2D eigenvalue weighted by atomic mass is 10.0. The SMILES string of the molecule is COCCC(=O)N1CCC(Oc2nc(-c3ccc(F)cc3)c(-c3ccc(F)cc3)nc2C)CC1. The number of aryl methyl sites for hydroxylation is 1. The molecular formula is C26H27F2N3O3. The fourth-order valence-corrected chi connectivity index (χ4v) is 3.96. The Hall–Kier alpha value is -3.39. The van der Waals surface area contributed by atoms with Gasteiger partial charge in [-0.3, -0.25) is 4.79 Å². The highest BCUT2D eigenvalue weighted by Gasteiger charge is 2.25. The Morgan fingerprint density at radius 1 is 0.941 bits per heavy atom. The molecule has 1 aliphatic rings. The number of nitrogens with zero attached hydrogens (tertiary/aromatic N) is 3. The molecule has 2 aromatic carbocycles. The van der Waals surface area contributed by atoms with Crippen LogP contribution >= 0.6 is 0 Å². The summed E-state index contributed by atoms with van der Waals surface area (Å²) in [6, 6.07) is 12.0. The van der Waals surface area contributed by atoms with E-state index in [2.05, 4.69) is 0 Å². The van der Waals surface area contributed by atoms with Gasteiger partial charge in [-0.15, -0.1) is 0 Å². The standard InChI is InChI=1S/C26H27F2N3O3/c1-17-26(34-22-11-14-31(15-12-22)23(32)13-16-33-2)30-25(19-5-9-21(28)10-6-19)24(29-17)18-3-7-20(27)8-4-18/h3-10,22H,11-16H2,1-2H3. The summed E-state index contributed by atoms with van der Waals surface area (Å²) in [6.45, 7) is 3.44. The van der Waals surface area contributed by atoms with E-state index in [-0.39, 0.29) is 23.6 Å². The lowest BCUT2D eigenvalue weighted by molar-refractivity contribution is -0.133. The number of halogens is 2. The van der Waals surface area contributed by atoms with Crippen molar-refractivity contribution < 1.29 is 23.0 Å². The van der Waals surface area contributed by atoms with E-state index < -0.39 is 0 Å². The minimum atomic E-state index is -0.351. The number of benzene rings is 2. The van der Waals surface area contributed by atoms with Crippen LogP contribution in [0.2, 0.25) is 0 Å². The second-order valence-electron chi connectivity index (χ2n) is 8.27. The number of hydrogen-bond acceptors (Lipinski definition) is 5. The molecule has 0 bridgehead atoms. The summed E-state index contributed by atoms with van der Waals surface area (Å²) in [6.07, 6.45) is 1.65. The lowest BCUT2D eigenvalue weighted by Gasteiger charge is -2.32. The summed E-state index contributed by atoms with van der Waals surface area (Å²) in [5.41, 5.74) is 3.07. The summed E-state index contributed by atoms with van der Waals surface area (Å²) in [4.78, 5) is 23.6. The van der Waals surface area contributed by atoms with Crippen molar-refractivity contribution in [2.45, 2.75) is 32.3 Å². The Kier molecular flexibility index (Phi) is 7.47. The van der Waals surface area contributed by atoms with Crippen LogP contribution in [0.1, 0.15) is 25.0 Å². The average molecular weight is 468 g/mol. The van der Waals surface area contributed by atoms with Crippen LogP contribution in [0.3, 0.4) is 0 Å². The Morgan fingerprint density at radius 3 is 2.00 bits per heavy atom. The Balaban J connectivity index is 1.58. The molecule has 1 fully saturated rings. The van der Waals surface area contributed by atoms with E-state index in [1.807, 2.05) is 11.8 Å². The molecular weight excluding hydrogens is 440 g/mol. The van der Waals surface area contributed by atoms with E-state index in [1.165, 1.54) is 24.3 Å². The lowest BCUT2D eigenvalue weighted by Crippen LogP contribution is -2.42. The Labute approximate surface area is 197 Å². The zero-order chi connectivity index (χ0) is 24.1.